The van der Waals surface area contributed by atoms with Gasteiger partial charge in [0.25, 0.3) is 0 Å². The summed E-state index contributed by atoms with van der Waals surface area (Å²) in [4.78, 5) is 24.2. The van der Waals surface area contributed by atoms with Gasteiger partial charge in [-0.15, -0.1) is 0 Å². The first-order valence-electron chi connectivity index (χ1n) is 7.29. The Balaban J connectivity index is 1.97. The highest BCUT2D eigenvalue weighted by atomic mass is 16.5. The largest absolute Gasteiger partial charge is 0.466 e. The van der Waals surface area contributed by atoms with Crippen molar-refractivity contribution >= 4 is 11.9 Å². The van der Waals surface area contributed by atoms with Crippen LogP contribution in [0.25, 0.3) is 0 Å². The smallest absolute Gasteiger partial charge is 0.313 e. The number of carbonyl (C=O) groups excluding carboxylic acids is 2. The minimum absolute atomic E-state index is 0.0685. The van der Waals surface area contributed by atoms with E-state index in [0.717, 1.165) is 5.56 Å². The summed E-state index contributed by atoms with van der Waals surface area (Å²) in [6.07, 6.45) is 3.83. The lowest BCUT2D eigenvalue weighted by molar-refractivity contribution is -0.151. The van der Waals surface area contributed by atoms with E-state index < -0.39 is 0 Å². The number of allylic oxidation sites excluding steroid dienone is 1. The molecule has 1 aromatic rings. The molecule has 1 heterocycles. The Kier molecular flexibility index (Phi) is 3.78. The molecule has 0 spiro atoms. The molecule has 21 heavy (non-hydrogen) atoms. The van der Waals surface area contributed by atoms with Gasteiger partial charge in [0, 0.05) is 11.8 Å². The number of rotatable bonds is 3. The number of hydrogen-bond donors (Lipinski definition) is 0. The fourth-order valence-corrected chi connectivity index (χ4v) is 3.28. The van der Waals surface area contributed by atoms with Crippen molar-refractivity contribution in [2.75, 3.05) is 13.2 Å². The summed E-state index contributed by atoms with van der Waals surface area (Å²) in [5.41, 5.74) is 1.06. The molecule has 0 radical (unpaired) electrons. The van der Waals surface area contributed by atoms with Crippen molar-refractivity contribution in [3.63, 3.8) is 0 Å². The molecule has 110 valence electrons. The maximum absolute atomic E-state index is 12.4. The number of hydrogen-bond acceptors (Lipinski definition) is 4. The summed E-state index contributed by atoms with van der Waals surface area (Å²) in [5.74, 6) is -1.37. The van der Waals surface area contributed by atoms with Crippen molar-refractivity contribution in [2.45, 2.75) is 12.8 Å². The molecule has 0 unspecified atom stereocenters. The van der Waals surface area contributed by atoms with E-state index in [1.807, 2.05) is 42.5 Å². The Morgan fingerprint density at radius 3 is 2.67 bits per heavy atom. The molecule has 0 bridgehead atoms. The lowest BCUT2D eigenvalue weighted by Crippen LogP contribution is -2.37. The normalized spacial score (nSPS) is 30.6. The van der Waals surface area contributed by atoms with E-state index in [0.29, 0.717) is 13.2 Å². The summed E-state index contributed by atoms with van der Waals surface area (Å²) >= 11 is 0. The molecule has 0 aromatic heterocycles. The molecule has 1 aromatic carbocycles. The number of carbonyl (C=O) groups is 2. The van der Waals surface area contributed by atoms with Gasteiger partial charge in [-0.2, -0.15) is 0 Å². The monoisotopic (exact) mass is 286 g/mol. The predicted octanol–water partition coefficient (Wildman–Crippen LogP) is 2.31. The average Bonchev–Trinajstić information content (AvgIpc) is 2.89. The van der Waals surface area contributed by atoms with Gasteiger partial charge in [-0.3, -0.25) is 9.59 Å². The van der Waals surface area contributed by atoms with Gasteiger partial charge in [0.2, 0.25) is 0 Å². The maximum atomic E-state index is 12.4. The van der Waals surface area contributed by atoms with E-state index >= 15 is 0 Å². The van der Waals surface area contributed by atoms with Crippen LogP contribution >= 0.6 is 0 Å². The quantitative estimate of drug-likeness (QED) is 0.632. The Morgan fingerprint density at radius 1 is 1.24 bits per heavy atom. The minimum Gasteiger partial charge on any atom is -0.466 e. The number of cyclic esters (lactones) is 1. The molecule has 0 saturated carbocycles. The molecule has 1 aliphatic heterocycles. The average molecular weight is 286 g/mol. The molecule has 4 atom stereocenters. The van der Waals surface area contributed by atoms with E-state index in [2.05, 4.69) is 0 Å². The van der Waals surface area contributed by atoms with Crippen LogP contribution in [0.15, 0.2) is 42.5 Å². The molecule has 4 nitrogen and oxygen atoms in total. The SMILES string of the molecule is CCOC(=O)[C@@H]1[C@H]2COC(=O)[C@H]2C=C[C@@H]1c1ccccc1. The first-order chi connectivity index (χ1) is 10.2. The molecule has 1 fully saturated rings. The van der Waals surface area contributed by atoms with E-state index in [9.17, 15) is 9.59 Å². The Bertz CT molecular complexity index is 563. The predicted molar refractivity (Wildman–Crippen MR) is 76.4 cm³/mol. The number of benzene rings is 1. The second-order valence-electron chi connectivity index (χ2n) is 5.42. The van der Waals surface area contributed by atoms with Crippen LogP contribution in [0.5, 0.6) is 0 Å². The van der Waals surface area contributed by atoms with Crippen LogP contribution in [0.4, 0.5) is 0 Å². The summed E-state index contributed by atoms with van der Waals surface area (Å²) in [6.45, 7) is 2.43. The zero-order valence-electron chi connectivity index (χ0n) is 11.9. The zero-order valence-corrected chi connectivity index (χ0v) is 11.9. The van der Waals surface area contributed by atoms with Crippen molar-refractivity contribution in [2.24, 2.45) is 17.8 Å². The van der Waals surface area contributed by atoms with Crippen molar-refractivity contribution in [1.82, 2.24) is 0 Å². The second kappa shape index (κ2) is 5.72. The lowest BCUT2D eigenvalue weighted by Gasteiger charge is -2.32. The Labute approximate surface area is 123 Å². The molecule has 0 N–H and O–H groups in total. The van der Waals surface area contributed by atoms with Gasteiger partial charge < -0.3 is 9.47 Å². The lowest BCUT2D eigenvalue weighted by atomic mass is 9.69. The van der Waals surface area contributed by atoms with Gasteiger partial charge in [0.05, 0.1) is 25.0 Å². The van der Waals surface area contributed by atoms with Crippen LogP contribution in [0, 0.1) is 17.8 Å². The third kappa shape index (κ3) is 2.46. The fraction of sp³-hybridized carbons (Fsp3) is 0.412. The van der Waals surface area contributed by atoms with Crippen LogP contribution in [0.1, 0.15) is 18.4 Å². The topological polar surface area (TPSA) is 52.6 Å². The molecular weight excluding hydrogens is 268 g/mol. The van der Waals surface area contributed by atoms with Crippen molar-refractivity contribution in [1.29, 1.82) is 0 Å². The van der Waals surface area contributed by atoms with Crippen LogP contribution in [0.3, 0.4) is 0 Å². The van der Waals surface area contributed by atoms with Gasteiger partial charge in [-0.05, 0) is 12.5 Å². The minimum atomic E-state index is -0.367. The van der Waals surface area contributed by atoms with E-state index in [1.165, 1.54) is 0 Å². The zero-order chi connectivity index (χ0) is 14.8. The molecular formula is C17H18O4. The molecule has 3 rings (SSSR count). The molecule has 4 heteroatoms. The van der Waals surface area contributed by atoms with Crippen molar-refractivity contribution < 1.29 is 19.1 Å². The maximum Gasteiger partial charge on any atom is 0.313 e. The third-order valence-electron chi connectivity index (χ3n) is 4.27. The van der Waals surface area contributed by atoms with Gasteiger partial charge in [-0.1, -0.05) is 42.5 Å². The van der Waals surface area contributed by atoms with Crippen molar-refractivity contribution in [3.05, 3.63) is 48.0 Å². The van der Waals surface area contributed by atoms with Crippen molar-refractivity contribution in [3.8, 4) is 0 Å². The number of esters is 2. The van der Waals surface area contributed by atoms with Gasteiger partial charge in [0.15, 0.2) is 0 Å². The molecule has 2 aliphatic rings. The highest BCUT2D eigenvalue weighted by Gasteiger charge is 2.49. The summed E-state index contributed by atoms with van der Waals surface area (Å²) in [6, 6.07) is 9.85. The highest BCUT2D eigenvalue weighted by Crippen LogP contribution is 2.43. The first-order valence-corrected chi connectivity index (χ1v) is 7.29. The third-order valence-corrected chi connectivity index (χ3v) is 4.27. The Morgan fingerprint density at radius 2 is 1.95 bits per heavy atom. The Hall–Kier alpha value is -2.10. The van der Waals surface area contributed by atoms with Crippen LogP contribution in [-0.4, -0.2) is 25.2 Å². The summed E-state index contributed by atoms with van der Waals surface area (Å²) in [5, 5.41) is 0. The fourth-order valence-electron chi connectivity index (χ4n) is 3.28. The van der Waals surface area contributed by atoms with Crippen LogP contribution in [0.2, 0.25) is 0 Å². The molecule has 0 amide bonds. The number of fused-ring (bicyclic) bond motifs is 1. The van der Waals surface area contributed by atoms with E-state index in [1.54, 1.807) is 6.92 Å². The van der Waals surface area contributed by atoms with Gasteiger partial charge >= 0.3 is 11.9 Å². The number of ether oxygens (including phenoxy) is 2. The second-order valence-corrected chi connectivity index (χ2v) is 5.42. The molecule has 1 saturated heterocycles. The molecule has 1 aliphatic carbocycles. The summed E-state index contributed by atoms with van der Waals surface area (Å²) in [7, 11) is 0. The van der Waals surface area contributed by atoms with E-state index in [4.69, 9.17) is 9.47 Å². The standard InChI is InChI=1S/C17H18O4/c1-2-20-17(19)15-12(11-6-4-3-5-7-11)8-9-13-14(15)10-21-16(13)18/h3-9,12-15H,2,10H2,1H3/t12-,13+,14+,15+/m1/s1. The van der Waals surface area contributed by atoms with Crippen LogP contribution < -0.4 is 0 Å². The van der Waals surface area contributed by atoms with E-state index in [-0.39, 0.29) is 35.6 Å². The summed E-state index contributed by atoms with van der Waals surface area (Å²) < 4.78 is 10.4. The highest BCUT2D eigenvalue weighted by molar-refractivity contribution is 5.82. The van der Waals surface area contributed by atoms with Crippen LogP contribution in [-0.2, 0) is 19.1 Å². The van der Waals surface area contributed by atoms with Gasteiger partial charge in [-0.25, -0.2) is 0 Å². The van der Waals surface area contributed by atoms with Gasteiger partial charge in [0.1, 0.15) is 0 Å². The first kappa shape index (κ1) is 13.9.